The van der Waals surface area contributed by atoms with Crippen molar-refractivity contribution >= 4 is 11.6 Å². The van der Waals surface area contributed by atoms with Crippen molar-refractivity contribution < 1.29 is 0 Å². The summed E-state index contributed by atoms with van der Waals surface area (Å²) in [5.74, 6) is 0. The summed E-state index contributed by atoms with van der Waals surface area (Å²) in [7, 11) is 0. The lowest BCUT2D eigenvalue weighted by atomic mass is 9.97. The third-order valence-corrected chi connectivity index (χ3v) is 3.46. The number of halogens is 1. The molecule has 0 spiro atoms. The smallest absolute Gasteiger partial charge is 0.134 e. The first-order valence-electron chi connectivity index (χ1n) is 5.47. The van der Waals surface area contributed by atoms with Gasteiger partial charge in [0.15, 0.2) is 0 Å². The lowest BCUT2D eigenvalue weighted by Gasteiger charge is -2.26. The van der Waals surface area contributed by atoms with E-state index in [-0.39, 0.29) is 0 Å². The van der Waals surface area contributed by atoms with Gasteiger partial charge in [-0.2, -0.15) is 0 Å². The topological polar surface area (TPSA) is 30.7 Å². The van der Waals surface area contributed by atoms with E-state index in [0.717, 1.165) is 18.4 Å². The largest absolute Gasteiger partial charge is 0.327 e. The molecule has 3 heterocycles. The van der Waals surface area contributed by atoms with Crippen LogP contribution in [0.15, 0.2) is 30.9 Å². The van der Waals surface area contributed by atoms with E-state index in [1.54, 1.807) is 6.20 Å². The summed E-state index contributed by atoms with van der Waals surface area (Å²) in [5, 5.41) is 0.606. The molecule has 4 heteroatoms. The predicted molar refractivity (Wildman–Crippen MR) is 62.6 cm³/mol. The number of nitrogens with zero attached hydrogens (tertiary/aromatic N) is 3. The van der Waals surface area contributed by atoms with Gasteiger partial charge in [0.1, 0.15) is 5.15 Å². The summed E-state index contributed by atoms with van der Waals surface area (Å²) in [6.07, 6.45) is 8.95. The zero-order valence-electron chi connectivity index (χ0n) is 8.81. The third kappa shape index (κ3) is 1.52. The van der Waals surface area contributed by atoms with Crippen molar-refractivity contribution in [1.82, 2.24) is 14.5 Å². The van der Waals surface area contributed by atoms with E-state index in [0.29, 0.717) is 11.2 Å². The summed E-state index contributed by atoms with van der Waals surface area (Å²) >= 11 is 6.15. The van der Waals surface area contributed by atoms with Gasteiger partial charge in [-0.05, 0) is 25.3 Å². The average molecular weight is 234 g/mol. The minimum atomic E-state index is 0.299. The highest BCUT2D eigenvalue weighted by Gasteiger charge is 2.22. The molecule has 0 aliphatic carbocycles. The first-order chi connectivity index (χ1) is 7.86. The predicted octanol–water partition coefficient (Wildman–Crippen LogP) is 2.86. The van der Waals surface area contributed by atoms with E-state index in [9.17, 15) is 0 Å². The molecule has 1 atom stereocenters. The van der Waals surface area contributed by atoms with Crippen LogP contribution in [0.3, 0.4) is 0 Å². The minimum absolute atomic E-state index is 0.299. The second kappa shape index (κ2) is 3.91. The van der Waals surface area contributed by atoms with Gasteiger partial charge in [0, 0.05) is 23.7 Å². The van der Waals surface area contributed by atoms with Crippen LogP contribution >= 0.6 is 11.6 Å². The second-order valence-electron chi connectivity index (χ2n) is 4.08. The van der Waals surface area contributed by atoms with Gasteiger partial charge in [-0.15, -0.1) is 0 Å². The van der Waals surface area contributed by atoms with Crippen LogP contribution in [0.5, 0.6) is 0 Å². The number of rotatable bonds is 1. The van der Waals surface area contributed by atoms with Crippen molar-refractivity contribution in [1.29, 1.82) is 0 Å². The fourth-order valence-corrected chi connectivity index (χ4v) is 2.62. The van der Waals surface area contributed by atoms with Crippen LogP contribution in [0.4, 0.5) is 0 Å². The van der Waals surface area contributed by atoms with Crippen LogP contribution < -0.4 is 0 Å². The Hall–Kier alpha value is -1.35. The molecule has 2 aromatic heterocycles. The fraction of sp³-hybridized carbons (Fsp3) is 0.333. The van der Waals surface area contributed by atoms with Crippen LogP contribution in [-0.4, -0.2) is 14.5 Å². The van der Waals surface area contributed by atoms with Crippen molar-refractivity contribution in [3.63, 3.8) is 0 Å². The average Bonchev–Trinajstić information content (AvgIpc) is 2.77. The molecule has 1 unspecified atom stereocenters. The van der Waals surface area contributed by atoms with Crippen molar-refractivity contribution in [3.05, 3.63) is 47.3 Å². The molecule has 0 N–H and O–H groups in total. The molecule has 0 fully saturated rings. The number of aryl methyl sites for hydroxylation is 1. The number of hydrogen-bond donors (Lipinski definition) is 0. The Kier molecular flexibility index (Phi) is 2.40. The summed E-state index contributed by atoms with van der Waals surface area (Å²) < 4.78 is 2.21. The summed E-state index contributed by atoms with van der Waals surface area (Å²) in [4.78, 5) is 8.35. The SMILES string of the molecule is Clc1ncccc1C1CCCc2cncn21. The molecule has 0 bridgehead atoms. The number of aromatic nitrogens is 3. The number of imidazole rings is 1. The molecule has 16 heavy (non-hydrogen) atoms. The quantitative estimate of drug-likeness (QED) is 0.710. The van der Waals surface area contributed by atoms with Gasteiger partial charge in [0.25, 0.3) is 0 Å². The molecule has 3 nitrogen and oxygen atoms in total. The van der Waals surface area contributed by atoms with Crippen molar-refractivity contribution in [2.45, 2.75) is 25.3 Å². The lowest BCUT2D eigenvalue weighted by molar-refractivity contribution is 0.457. The van der Waals surface area contributed by atoms with E-state index < -0.39 is 0 Å². The molecule has 0 saturated heterocycles. The van der Waals surface area contributed by atoms with Crippen molar-refractivity contribution in [2.75, 3.05) is 0 Å². The standard InChI is InChI=1S/C12H12ClN3/c13-12-10(4-2-6-15-12)11-5-1-3-9-7-14-8-16(9)11/h2,4,6-8,11H,1,3,5H2. The van der Waals surface area contributed by atoms with Crippen LogP contribution in [0, 0.1) is 0 Å². The van der Waals surface area contributed by atoms with Gasteiger partial charge in [-0.1, -0.05) is 17.7 Å². The highest BCUT2D eigenvalue weighted by Crippen LogP contribution is 2.32. The van der Waals surface area contributed by atoms with E-state index in [1.807, 2.05) is 18.6 Å². The Morgan fingerprint density at radius 1 is 1.44 bits per heavy atom. The zero-order valence-corrected chi connectivity index (χ0v) is 9.56. The van der Waals surface area contributed by atoms with Crippen molar-refractivity contribution in [2.24, 2.45) is 0 Å². The minimum Gasteiger partial charge on any atom is -0.327 e. The summed E-state index contributed by atoms with van der Waals surface area (Å²) in [5.41, 5.74) is 2.39. The highest BCUT2D eigenvalue weighted by atomic mass is 35.5. The molecule has 3 rings (SSSR count). The zero-order chi connectivity index (χ0) is 11.0. The highest BCUT2D eigenvalue weighted by molar-refractivity contribution is 6.30. The number of hydrogen-bond acceptors (Lipinski definition) is 2. The Morgan fingerprint density at radius 2 is 2.38 bits per heavy atom. The van der Waals surface area contributed by atoms with E-state index >= 15 is 0 Å². The molecular weight excluding hydrogens is 222 g/mol. The normalized spacial score (nSPS) is 19.4. The summed E-state index contributed by atoms with van der Waals surface area (Å²) in [6, 6.07) is 4.29. The maximum absolute atomic E-state index is 6.15. The Balaban J connectivity index is 2.08. The van der Waals surface area contributed by atoms with E-state index in [2.05, 4.69) is 20.6 Å². The molecule has 2 aromatic rings. The Labute approximate surface area is 99.1 Å². The molecule has 82 valence electrons. The lowest BCUT2D eigenvalue weighted by Crippen LogP contribution is -2.18. The maximum Gasteiger partial charge on any atom is 0.134 e. The van der Waals surface area contributed by atoms with E-state index in [4.69, 9.17) is 11.6 Å². The maximum atomic E-state index is 6.15. The molecule has 1 aliphatic heterocycles. The Morgan fingerprint density at radius 3 is 3.25 bits per heavy atom. The molecule has 0 amide bonds. The van der Waals surface area contributed by atoms with Crippen LogP contribution in [-0.2, 0) is 6.42 Å². The van der Waals surface area contributed by atoms with Gasteiger partial charge in [-0.25, -0.2) is 9.97 Å². The van der Waals surface area contributed by atoms with Crippen LogP contribution in [0.25, 0.3) is 0 Å². The van der Waals surface area contributed by atoms with E-state index in [1.165, 1.54) is 12.1 Å². The van der Waals surface area contributed by atoms with Crippen molar-refractivity contribution in [3.8, 4) is 0 Å². The van der Waals surface area contributed by atoms with Crippen LogP contribution in [0.2, 0.25) is 5.15 Å². The molecule has 1 aliphatic rings. The first kappa shape index (κ1) is 9.85. The Bertz CT molecular complexity index is 506. The third-order valence-electron chi connectivity index (χ3n) is 3.14. The number of pyridine rings is 1. The number of fused-ring (bicyclic) bond motifs is 1. The molecule has 0 radical (unpaired) electrons. The van der Waals surface area contributed by atoms with Gasteiger partial charge < -0.3 is 4.57 Å². The van der Waals surface area contributed by atoms with Crippen LogP contribution in [0.1, 0.15) is 30.1 Å². The molecule has 0 aromatic carbocycles. The summed E-state index contributed by atoms with van der Waals surface area (Å²) in [6.45, 7) is 0. The fourth-order valence-electron chi connectivity index (χ4n) is 2.37. The first-order valence-corrected chi connectivity index (χ1v) is 5.85. The van der Waals surface area contributed by atoms with Gasteiger partial charge in [-0.3, -0.25) is 0 Å². The van der Waals surface area contributed by atoms with Gasteiger partial charge >= 0.3 is 0 Å². The van der Waals surface area contributed by atoms with Gasteiger partial charge in [0.05, 0.1) is 12.4 Å². The molecule has 0 saturated carbocycles. The van der Waals surface area contributed by atoms with Gasteiger partial charge in [0.2, 0.25) is 0 Å². The monoisotopic (exact) mass is 233 g/mol. The molecular formula is C12H12ClN3. The second-order valence-corrected chi connectivity index (χ2v) is 4.44.